The largest absolute Gasteiger partial charge is 0.344 e. The summed E-state index contributed by atoms with van der Waals surface area (Å²) in [5.74, 6) is 2.64. The molecule has 0 saturated heterocycles. The summed E-state index contributed by atoms with van der Waals surface area (Å²) in [6.07, 6.45) is 15.1. The number of quaternary nitrogens is 1. The van der Waals surface area contributed by atoms with Gasteiger partial charge in [-0.05, 0) is 38.5 Å². The van der Waals surface area contributed by atoms with E-state index in [9.17, 15) is 4.79 Å². The maximum Gasteiger partial charge on any atom is 0.308 e. The average molecular weight is 449 g/mol. The van der Waals surface area contributed by atoms with Crippen molar-refractivity contribution < 1.29 is 10.2 Å². The molecule has 1 saturated carbocycles. The summed E-state index contributed by atoms with van der Waals surface area (Å²) in [5.41, 5.74) is 4.18. The number of fused-ring (bicyclic) bond motifs is 1. The van der Waals surface area contributed by atoms with Crippen molar-refractivity contribution in [3.05, 3.63) is 57.2 Å². The number of carbonyl (C=O) groups is 1. The van der Waals surface area contributed by atoms with E-state index in [0.29, 0.717) is 18.0 Å². The Balaban J connectivity index is 1.16. The number of nitrogens with two attached hydrogens (primary N) is 1. The Hall–Kier alpha value is -2.91. The predicted molar refractivity (Wildman–Crippen MR) is 122 cm³/mol. The SMILES string of the molecule is Cc1nc(C2=C(C(=O)NC3CCn4nc(C5C=CC=CC5)nc4C3)[NH2+]N=C2)sc1C1CC1. The van der Waals surface area contributed by atoms with Crippen LogP contribution in [-0.4, -0.2) is 37.9 Å². The normalized spacial score (nSPS) is 24.3. The highest BCUT2D eigenvalue weighted by atomic mass is 32.1. The van der Waals surface area contributed by atoms with Gasteiger partial charge in [0.05, 0.1) is 11.9 Å². The molecule has 1 amide bonds. The minimum absolute atomic E-state index is 0.0386. The molecule has 0 bridgehead atoms. The summed E-state index contributed by atoms with van der Waals surface area (Å²) < 4.78 is 2.00. The number of aryl methyl sites for hydroxylation is 2. The van der Waals surface area contributed by atoms with Crippen molar-refractivity contribution >= 4 is 29.0 Å². The summed E-state index contributed by atoms with van der Waals surface area (Å²) in [4.78, 5) is 24.0. The van der Waals surface area contributed by atoms with Crippen molar-refractivity contribution in [2.45, 2.75) is 63.5 Å². The van der Waals surface area contributed by atoms with Gasteiger partial charge in [0, 0.05) is 29.8 Å². The van der Waals surface area contributed by atoms with E-state index < -0.39 is 0 Å². The Morgan fingerprint density at radius 3 is 2.97 bits per heavy atom. The van der Waals surface area contributed by atoms with Crippen molar-refractivity contribution in [2.75, 3.05) is 0 Å². The first-order chi connectivity index (χ1) is 15.7. The predicted octanol–water partition coefficient (Wildman–Crippen LogP) is 1.93. The van der Waals surface area contributed by atoms with E-state index in [-0.39, 0.29) is 17.9 Å². The molecule has 2 aromatic heterocycles. The van der Waals surface area contributed by atoms with Crippen LogP contribution >= 0.6 is 11.3 Å². The maximum absolute atomic E-state index is 13.1. The third-order valence-electron chi connectivity index (χ3n) is 6.48. The summed E-state index contributed by atoms with van der Waals surface area (Å²) in [6, 6.07) is 0.0386. The molecule has 0 aromatic carbocycles. The lowest BCUT2D eigenvalue weighted by atomic mass is 10.0. The van der Waals surface area contributed by atoms with Crippen LogP contribution in [0.25, 0.3) is 5.57 Å². The Morgan fingerprint density at radius 1 is 1.25 bits per heavy atom. The first kappa shape index (κ1) is 19.8. The fraction of sp³-hybridized carbons (Fsp3) is 0.435. The van der Waals surface area contributed by atoms with Gasteiger partial charge in [-0.15, -0.1) is 11.3 Å². The highest BCUT2D eigenvalue weighted by Crippen LogP contribution is 2.45. The molecule has 2 aromatic rings. The lowest BCUT2D eigenvalue weighted by molar-refractivity contribution is -0.602. The van der Waals surface area contributed by atoms with E-state index in [0.717, 1.165) is 47.3 Å². The first-order valence-corrected chi connectivity index (χ1v) is 12.1. The molecular formula is C23H26N7OS+. The molecule has 4 heterocycles. The number of rotatable bonds is 5. The van der Waals surface area contributed by atoms with Crippen molar-refractivity contribution in [3.8, 4) is 0 Å². The van der Waals surface area contributed by atoms with Gasteiger partial charge >= 0.3 is 5.91 Å². The van der Waals surface area contributed by atoms with Crippen molar-refractivity contribution in [2.24, 2.45) is 5.10 Å². The van der Waals surface area contributed by atoms with Gasteiger partial charge < -0.3 is 5.32 Å². The van der Waals surface area contributed by atoms with Crippen LogP contribution in [0.2, 0.25) is 0 Å². The van der Waals surface area contributed by atoms with Gasteiger partial charge in [0.25, 0.3) is 0 Å². The molecule has 1 fully saturated rings. The molecular weight excluding hydrogens is 422 g/mol. The molecule has 8 nitrogen and oxygen atoms in total. The summed E-state index contributed by atoms with van der Waals surface area (Å²) in [5, 5.41) is 13.1. The Bertz CT molecular complexity index is 1200. The van der Waals surface area contributed by atoms with Crippen molar-refractivity contribution in [1.82, 2.24) is 25.1 Å². The second-order valence-corrected chi connectivity index (χ2v) is 9.94. The number of nitrogens with zero attached hydrogens (tertiary/aromatic N) is 5. The fourth-order valence-electron chi connectivity index (χ4n) is 4.56. The number of hydrogen-bond acceptors (Lipinski definition) is 6. The zero-order chi connectivity index (χ0) is 21.7. The van der Waals surface area contributed by atoms with Crippen molar-refractivity contribution in [1.29, 1.82) is 0 Å². The van der Waals surface area contributed by atoms with E-state index >= 15 is 0 Å². The van der Waals surface area contributed by atoms with Crippen molar-refractivity contribution in [3.63, 3.8) is 0 Å². The standard InChI is InChI=1S/C23H25N7OS/c1-13-20(14-7-8-14)32-23(25-13)17-12-24-28-19(17)22(31)26-16-9-10-30-18(11-16)27-21(29-30)15-5-3-2-4-6-15/h2-5,12,14-16H,6-11H2,1H3,(H,24,28)(H,26,31)/p+1. The smallest absolute Gasteiger partial charge is 0.308 e. The van der Waals surface area contributed by atoms with Crippen LogP contribution in [0.15, 0.2) is 35.1 Å². The minimum Gasteiger partial charge on any atom is -0.344 e. The number of allylic oxidation sites excluding steroid dienone is 5. The lowest BCUT2D eigenvalue weighted by Gasteiger charge is -2.22. The molecule has 2 aliphatic carbocycles. The summed E-state index contributed by atoms with van der Waals surface area (Å²) >= 11 is 1.71. The molecule has 6 rings (SSSR count). The third kappa shape index (κ3) is 3.65. The van der Waals surface area contributed by atoms with E-state index in [1.807, 2.05) is 4.68 Å². The molecule has 3 N–H and O–H groups in total. The molecule has 4 aliphatic rings. The molecule has 2 unspecified atom stereocenters. The number of thiazole rings is 1. The minimum atomic E-state index is -0.0862. The fourth-order valence-corrected chi connectivity index (χ4v) is 5.82. The van der Waals surface area contributed by atoms with Gasteiger partial charge in [0.2, 0.25) is 5.70 Å². The second-order valence-electron chi connectivity index (χ2n) is 8.91. The topological polar surface area (TPSA) is 102 Å². The van der Waals surface area contributed by atoms with Crippen LogP contribution < -0.4 is 10.7 Å². The van der Waals surface area contributed by atoms with Crippen LogP contribution in [0.4, 0.5) is 0 Å². The van der Waals surface area contributed by atoms with Gasteiger partial charge in [0.1, 0.15) is 16.4 Å². The quantitative estimate of drug-likeness (QED) is 0.683. The Morgan fingerprint density at radius 2 is 2.16 bits per heavy atom. The van der Waals surface area contributed by atoms with E-state index in [2.05, 4.69) is 41.6 Å². The second kappa shape index (κ2) is 7.90. The molecule has 0 radical (unpaired) electrons. The van der Waals surface area contributed by atoms with Crippen LogP contribution in [0.3, 0.4) is 0 Å². The highest BCUT2D eigenvalue weighted by Gasteiger charge is 2.33. The van der Waals surface area contributed by atoms with Crippen LogP contribution in [0, 0.1) is 6.92 Å². The van der Waals surface area contributed by atoms with Crippen LogP contribution in [0.5, 0.6) is 0 Å². The first-order valence-electron chi connectivity index (χ1n) is 11.3. The number of nitrogens with one attached hydrogen (secondary N) is 1. The van der Waals surface area contributed by atoms with Gasteiger partial charge in [-0.2, -0.15) is 10.5 Å². The molecule has 2 aliphatic heterocycles. The van der Waals surface area contributed by atoms with Crippen LogP contribution in [0.1, 0.15) is 64.7 Å². The van der Waals surface area contributed by atoms with E-state index in [1.165, 1.54) is 17.7 Å². The molecule has 164 valence electrons. The summed E-state index contributed by atoms with van der Waals surface area (Å²) in [6.45, 7) is 2.83. The zero-order valence-corrected chi connectivity index (χ0v) is 18.8. The third-order valence-corrected chi connectivity index (χ3v) is 7.84. The Kier molecular flexibility index (Phi) is 4.87. The number of aromatic nitrogens is 4. The van der Waals surface area contributed by atoms with Crippen LogP contribution in [-0.2, 0) is 17.8 Å². The monoisotopic (exact) mass is 448 g/mol. The van der Waals surface area contributed by atoms with Gasteiger partial charge in [-0.1, -0.05) is 29.4 Å². The maximum atomic E-state index is 13.1. The van der Waals surface area contributed by atoms with Gasteiger partial charge in [-0.25, -0.2) is 14.6 Å². The zero-order valence-electron chi connectivity index (χ0n) is 18.0. The highest BCUT2D eigenvalue weighted by molar-refractivity contribution is 7.13. The number of carbonyl (C=O) groups excluding carboxylic acids is 1. The average Bonchev–Trinajstić information content (AvgIpc) is 3.21. The molecule has 0 spiro atoms. The van der Waals surface area contributed by atoms with E-state index in [4.69, 9.17) is 15.1 Å². The summed E-state index contributed by atoms with van der Waals surface area (Å²) in [7, 11) is 0. The number of amides is 1. The molecule has 9 heteroatoms. The lowest BCUT2D eigenvalue weighted by Crippen LogP contribution is -2.77. The molecule has 2 atom stereocenters. The van der Waals surface area contributed by atoms with Gasteiger partial charge in [0.15, 0.2) is 5.82 Å². The number of hydrogen-bond donors (Lipinski definition) is 2. The van der Waals surface area contributed by atoms with E-state index in [1.54, 1.807) is 23.0 Å². The Labute approximate surface area is 190 Å². The van der Waals surface area contributed by atoms with Gasteiger partial charge in [-0.3, -0.25) is 4.79 Å². The molecule has 32 heavy (non-hydrogen) atoms.